The number of halogens is 1. The lowest BCUT2D eigenvalue weighted by Gasteiger charge is -2.24. The highest BCUT2D eigenvalue weighted by atomic mass is 19.1. The molecule has 0 aliphatic carbocycles. The maximum Gasteiger partial charge on any atom is 0.407 e. The quantitative estimate of drug-likeness (QED) is 0.516. The van der Waals surface area contributed by atoms with Gasteiger partial charge in [0.1, 0.15) is 29.8 Å². The Labute approximate surface area is 213 Å². The van der Waals surface area contributed by atoms with Crippen molar-refractivity contribution in [2.75, 3.05) is 30.6 Å². The van der Waals surface area contributed by atoms with Crippen LogP contribution in [0.3, 0.4) is 0 Å². The maximum absolute atomic E-state index is 13.6. The van der Waals surface area contributed by atoms with Crippen LogP contribution in [0.5, 0.6) is 0 Å². The van der Waals surface area contributed by atoms with Crippen LogP contribution in [-0.4, -0.2) is 73.6 Å². The van der Waals surface area contributed by atoms with Crippen molar-refractivity contribution in [2.45, 2.75) is 51.9 Å². The second-order valence-electron chi connectivity index (χ2n) is 9.73. The number of alkyl halides is 1. The Bertz CT molecular complexity index is 1370. The molecule has 0 aromatic carbocycles. The number of pyridine rings is 2. The van der Waals surface area contributed by atoms with Crippen molar-refractivity contribution in [3.63, 3.8) is 0 Å². The van der Waals surface area contributed by atoms with Gasteiger partial charge in [0.05, 0.1) is 30.4 Å². The molecule has 2 amide bonds. The standard InChI is InChI=1S/C25H29FN8O3/c1-14(2)32(4)22-10-16-17(19(28-22)13-31(3)25(36)37)12-33(24(16)35)20-7-5-6-18(27-20)23-30-29-21-9-8-15(11-26)34(21)23/h5-7,10,14-15H,8-9,11-13H2,1-4H3,(H,36,37)/t15-/m1/s1. The third-order valence-corrected chi connectivity index (χ3v) is 7.09. The van der Waals surface area contributed by atoms with Gasteiger partial charge in [0.15, 0.2) is 5.82 Å². The predicted octanol–water partition coefficient (Wildman–Crippen LogP) is 3.31. The van der Waals surface area contributed by atoms with Gasteiger partial charge in [-0.15, -0.1) is 10.2 Å². The first-order valence-electron chi connectivity index (χ1n) is 12.2. The molecule has 2 aliphatic rings. The fourth-order valence-electron chi connectivity index (χ4n) is 4.73. The van der Waals surface area contributed by atoms with Crippen molar-refractivity contribution >= 4 is 23.6 Å². The molecule has 0 saturated heterocycles. The Morgan fingerprint density at radius 1 is 1.24 bits per heavy atom. The zero-order valence-corrected chi connectivity index (χ0v) is 21.2. The SMILES string of the molecule is CC(C)N(C)c1cc2c(c(CN(C)C(=O)O)n1)CN(c1cccc(-c3nnc4n3[C@@H](CF)CC4)n1)C2=O. The molecule has 12 heteroatoms. The molecule has 1 atom stereocenters. The molecule has 0 unspecified atom stereocenters. The monoisotopic (exact) mass is 508 g/mol. The lowest BCUT2D eigenvalue weighted by Crippen LogP contribution is -2.29. The van der Waals surface area contributed by atoms with Crippen molar-refractivity contribution in [3.05, 3.63) is 46.9 Å². The number of anilines is 2. The van der Waals surface area contributed by atoms with E-state index in [4.69, 9.17) is 9.97 Å². The molecule has 37 heavy (non-hydrogen) atoms. The number of hydrogen-bond acceptors (Lipinski definition) is 7. The van der Waals surface area contributed by atoms with E-state index in [1.165, 1.54) is 7.05 Å². The molecular weight excluding hydrogens is 479 g/mol. The predicted molar refractivity (Wildman–Crippen MR) is 134 cm³/mol. The third kappa shape index (κ3) is 4.25. The van der Waals surface area contributed by atoms with Gasteiger partial charge in [0.25, 0.3) is 5.91 Å². The minimum Gasteiger partial charge on any atom is -0.465 e. The van der Waals surface area contributed by atoms with Crippen LogP contribution < -0.4 is 9.80 Å². The average molecular weight is 509 g/mol. The summed E-state index contributed by atoms with van der Waals surface area (Å²) in [7, 11) is 3.35. The molecule has 0 radical (unpaired) electrons. The van der Waals surface area contributed by atoms with Gasteiger partial charge in [-0.25, -0.2) is 19.2 Å². The highest BCUT2D eigenvalue weighted by Gasteiger charge is 2.34. The number of hydrogen-bond donors (Lipinski definition) is 1. The van der Waals surface area contributed by atoms with Crippen LogP contribution >= 0.6 is 0 Å². The van der Waals surface area contributed by atoms with E-state index in [1.807, 2.05) is 25.8 Å². The van der Waals surface area contributed by atoms with Crippen molar-refractivity contribution < 1.29 is 19.1 Å². The summed E-state index contributed by atoms with van der Waals surface area (Å²) in [5.41, 5.74) is 2.17. The highest BCUT2D eigenvalue weighted by molar-refractivity contribution is 6.10. The summed E-state index contributed by atoms with van der Waals surface area (Å²) in [6.45, 7) is 3.76. The Morgan fingerprint density at radius 2 is 2.03 bits per heavy atom. The number of aromatic nitrogens is 5. The molecule has 3 aromatic rings. The summed E-state index contributed by atoms with van der Waals surface area (Å²) >= 11 is 0. The summed E-state index contributed by atoms with van der Waals surface area (Å²) in [4.78, 5) is 39.2. The van der Waals surface area contributed by atoms with Crippen molar-refractivity contribution in [3.8, 4) is 11.5 Å². The molecule has 0 fully saturated rings. The molecule has 0 bridgehead atoms. The van der Waals surface area contributed by atoms with E-state index in [0.29, 0.717) is 52.8 Å². The maximum atomic E-state index is 13.6. The van der Waals surface area contributed by atoms with E-state index in [0.717, 1.165) is 10.7 Å². The second-order valence-corrected chi connectivity index (χ2v) is 9.73. The second kappa shape index (κ2) is 9.41. The first-order chi connectivity index (χ1) is 17.7. The fraction of sp³-hybridized carbons (Fsp3) is 0.440. The van der Waals surface area contributed by atoms with E-state index in [1.54, 1.807) is 33.7 Å². The first-order valence-corrected chi connectivity index (χ1v) is 12.2. The number of nitrogens with zero attached hydrogens (tertiary/aromatic N) is 8. The lowest BCUT2D eigenvalue weighted by atomic mass is 10.1. The zero-order valence-electron chi connectivity index (χ0n) is 21.2. The van der Waals surface area contributed by atoms with E-state index < -0.39 is 12.8 Å². The number of rotatable bonds is 7. The molecule has 11 nitrogen and oxygen atoms in total. The smallest absolute Gasteiger partial charge is 0.407 e. The van der Waals surface area contributed by atoms with Gasteiger partial charge in [-0.3, -0.25) is 9.69 Å². The van der Waals surface area contributed by atoms with Crippen LogP contribution in [0, 0.1) is 0 Å². The number of amides is 2. The molecular formula is C25H29FN8O3. The molecule has 5 heterocycles. The van der Waals surface area contributed by atoms with Gasteiger partial charge in [0, 0.05) is 32.1 Å². The minimum atomic E-state index is -1.08. The van der Waals surface area contributed by atoms with Gasteiger partial charge in [0.2, 0.25) is 0 Å². The van der Waals surface area contributed by atoms with Crippen LogP contribution in [-0.2, 0) is 19.5 Å². The van der Waals surface area contributed by atoms with Crippen molar-refractivity contribution in [1.82, 2.24) is 29.6 Å². The van der Waals surface area contributed by atoms with Gasteiger partial charge in [-0.05, 0) is 38.5 Å². The van der Waals surface area contributed by atoms with Crippen LogP contribution in [0.25, 0.3) is 11.5 Å². The number of carboxylic acid groups (broad SMARTS) is 1. The summed E-state index contributed by atoms with van der Waals surface area (Å²) in [5.74, 6) is 1.98. The summed E-state index contributed by atoms with van der Waals surface area (Å²) in [6.07, 6.45) is 0.248. The van der Waals surface area contributed by atoms with Crippen LogP contribution in [0.2, 0.25) is 0 Å². The van der Waals surface area contributed by atoms with E-state index >= 15 is 0 Å². The zero-order chi connectivity index (χ0) is 26.4. The van der Waals surface area contributed by atoms with Gasteiger partial charge in [-0.1, -0.05) is 6.07 Å². The third-order valence-electron chi connectivity index (χ3n) is 7.09. The van der Waals surface area contributed by atoms with Crippen LogP contribution in [0.4, 0.5) is 20.8 Å². The number of fused-ring (bicyclic) bond motifs is 2. The molecule has 1 N–H and O–H groups in total. The Balaban J connectivity index is 1.52. The van der Waals surface area contributed by atoms with E-state index in [9.17, 15) is 19.1 Å². The Morgan fingerprint density at radius 3 is 2.73 bits per heavy atom. The molecule has 5 rings (SSSR count). The average Bonchev–Trinajstić information content (AvgIpc) is 3.57. The Hall–Kier alpha value is -4.09. The topological polar surface area (TPSA) is 121 Å². The van der Waals surface area contributed by atoms with E-state index in [2.05, 4.69) is 10.2 Å². The minimum absolute atomic E-state index is 0.0442. The molecule has 2 aliphatic heterocycles. The molecule has 3 aromatic heterocycles. The molecule has 0 saturated carbocycles. The van der Waals surface area contributed by atoms with Gasteiger partial charge >= 0.3 is 6.09 Å². The Kier molecular flexibility index (Phi) is 6.26. The number of carbonyl (C=O) groups is 2. The summed E-state index contributed by atoms with van der Waals surface area (Å²) < 4.78 is 15.4. The molecule has 194 valence electrons. The van der Waals surface area contributed by atoms with Crippen LogP contribution in [0.15, 0.2) is 24.3 Å². The summed E-state index contributed by atoms with van der Waals surface area (Å²) in [6, 6.07) is 6.85. The van der Waals surface area contributed by atoms with E-state index in [-0.39, 0.29) is 31.1 Å². The fourth-order valence-corrected chi connectivity index (χ4v) is 4.73. The highest BCUT2D eigenvalue weighted by Crippen LogP contribution is 2.34. The van der Waals surface area contributed by atoms with Crippen LogP contribution in [0.1, 0.15) is 53.7 Å². The molecule has 0 spiro atoms. The van der Waals surface area contributed by atoms with Crippen molar-refractivity contribution in [1.29, 1.82) is 0 Å². The summed E-state index contributed by atoms with van der Waals surface area (Å²) in [5, 5.41) is 17.9. The van der Waals surface area contributed by atoms with Crippen molar-refractivity contribution in [2.24, 2.45) is 0 Å². The lowest BCUT2D eigenvalue weighted by molar-refractivity contribution is 0.0996. The first kappa shape index (κ1) is 24.6. The van der Waals surface area contributed by atoms with Gasteiger partial charge < -0.3 is 19.5 Å². The normalized spacial score (nSPS) is 16.3. The number of aryl methyl sites for hydroxylation is 1. The number of carbonyl (C=O) groups excluding carboxylic acids is 1. The van der Waals surface area contributed by atoms with Gasteiger partial charge in [-0.2, -0.15) is 0 Å². The largest absolute Gasteiger partial charge is 0.465 e.